The van der Waals surface area contributed by atoms with Crippen molar-refractivity contribution in [2.24, 2.45) is 0 Å². The molecule has 0 spiro atoms. The van der Waals surface area contributed by atoms with Crippen molar-refractivity contribution in [1.29, 1.82) is 0 Å². The lowest BCUT2D eigenvalue weighted by Crippen LogP contribution is -3.00. The standard InChI is InChI=1S/C27H33N3.ClH/c1-7-28-25-15-11-22(17-19(25)3)27(21-9-13-24(14-10-21)30(5)6)23-12-16-26(29-8-2)20(4)18-23;/h9-18H,7-8H2,1-6H3,(H,28,29);1H. The third kappa shape index (κ3) is 5.68. The highest BCUT2D eigenvalue weighted by molar-refractivity contribution is 6.04. The van der Waals surface area contributed by atoms with E-state index >= 15 is 0 Å². The average molecular weight is 436 g/mol. The Morgan fingerprint density at radius 1 is 0.742 bits per heavy atom. The first kappa shape index (κ1) is 24.5. The molecule has 164 valence electrons. The van der Waals surface area contributed by atoms with E-state index in [1.165, 1.54) is 50.5 Å². The fourth-order valence-corrected chi connectivity index (χ4v) is 3.84. The van der Waals surface area contributed by atoms with E-state index in [9.17, 15) is 0 Å². The number of allylic oxidation sites excluding steroid dienone is 5. The summed E-state index contributed by atoms with van der Waals surface area (Å²) in [6, 6.07) is 13.4. The average Bonchev–Trinajstić information content (AvgIpc) is 2.73. The zero-order chi connectivity index (χ0) is 21.7. The monoisotopic (exact) mass is 435 g/mol. The highest BCUT2D eigenvalue weighted by Crippen LogP contribution is 2.33. The Hall–Kier alpha value is -2.78. The molecule has 0 aliphatic heterocycles. The fourth-order valence-electron chi connectivity index (χ4n) is 3.84. The van der Waals surface area contributed by atoms with Crippen molar-refractivity contribution in [1.82, 2.24) is 0 Å². The maximum Gasteiger partial charge on any atom is 0.199 e. The maximum absolute atomic E-state index is 3.45. The van der Waals surface area contributed by atoms with Crippen LogP contribution >= 0.6 is 0 Å². The molecule has 1 aliphatic carbocycles. The smallest absolute Gasteiger partial charge is 0.199 e. The van der Waals surface area contributed by atoms with Crippen LogP contribution in [0, 0.1) is 13.8 Å². The number of benzene rings is 2. The number of rotatable bonds is 6. The Kier molecular flexibility index (Phi) is 8.70. The minimum absolute atomic E-state index is 0. The van der Waals surface area contributed by atoms with Gasteiger partial charge < -0.3 is 23.0 Å². The molecule has 3 nitrogen and oxygen atoms in total. The van der Waals surface area contributed by atoms with Gasteiger partial charge in [0.25, 0.3) is 0 Å². The van der Waals surface area contributed by atoms with Crippen LogP contribution in [0.25, 0.3) is 5.57 Å². The van der Waals surface area contributed by atoms with Crippen molar-refractivity contribution < 1.29 is 17.0 Å². The van der Waals surface area contributed by atoms with Crippen LogP contribution in [0.4, 0.5) is 11.4 Å². The molecule has 0 saturated carbocycles. The fraction of sp³-hybridized carbons (Fsp3) is 0.296. The predicted octanol–water partition coefficient (Wildman–Crippen LogP) is 2.81. The summed E-state index contributed by atoms with van der Waals surface area (Å²) in [5.74, 6) is 0. The largest absolute Gasteiger partial charge is 1.00 e. The first-order valence-electron chi connectivity index (χ1n) is 10.8. The van der Waals surface area contributed by atoms with Gasteiger partial charge in [-0.15, -0.1) is 0 Å². The molecule has 0 bridgehead atoms. The molecule has 2 aromatic rings. The molecule has 2 N–H and O–H groups in total. The van der Waals surface area contributed by atoms with Crippen molar-refractivity contribution in [2.75, 3.05) is 37.8 Å². The first-order valence-corrected chi connectivity index (χ1v) is 10.8. The van der Waals surface area contributed by atoms with Crippen molar-refractivity contribution in [3.05, 3.63) is 88.5 Å². The second-order valence-electron chi connectivity index (χ2n) is 7.94. The van der Waals surface area contributed by atoms with Gasteiger partial charge in [0, 0.05) is 36.6 Å². The minimum atomic E-state index is 0. The molecule has 0 heterocycles. The van der Waals surface area contributed by atoms with Crippen molar-refractivity contribution in [3.8, 4) is 0 Å². The Bertz CT molecular complexity index is 979. The van der Waals surface area contributed by atoms with Crippen LogP contribution in [0.2, 0.25) is 0 Å². The molecule has 0 aromatic heterocycles. The summed E-state index contributed by atoms with van der Waals surface area (Å²) in [4.78, 5) is 0. The number of nitrogens with one attached hydrogen (secondary N) is 2. The number of hydrogen-bond donors (Lipinski definition) is 2. The van der Waals surface area contributed by atoms with Crippen molar-refractivity contribution in [3.63, 3.8) is 0 Å². The number of halogens is 1. The van der Waals surface area contributed by atoms with E-state index in [4.69, 9.17) is 0 Å². The molecule has 0 fully saturated rings. The lowest BCUT2D eigenvalue weighted by molar-refractivity contribution is -0.462. The van der Waals surface area contributed by atoms with Gasteiger partial charge in [0.05, 0.1) is 0 Å². The first-order chi connectivity index (χ1) is 14.4. The predicted molar refractivity (Wildman–Crippen MR) is 132 cm³/mol. The van der Waals surface area contributed by atoms with Gasteiger partial charge >= 0.3 is 0 Å². The van der Waals surface area contributed by atoms with E-state index in [1.807, 2.05) is 0 Å². The summed E-state index contributed by atoms with van der Waals surface area (Å²) in [6.07, 6.45) is 8.83. The summed E-state index contributed by atoms with van der Waals surface area (Å²) in [5.41, 5.74) is 11.1. The third-order valence-corrected chi connectivity index (χ3v) is 5.44. The SMILES string of the molecule is CCNc1ccc(C(=C2C=CC(=[N+](C)C)C=C2)c2ccc(NCC)c(C)c2)cc1C.[Cl-]. The summed E-state index contributed by atoms with van der Waals surface area (Å²) in [7, 11) is 4.15. The molecule has 0 unspecified atom stereocenters. The minimum Gasteiger partial charge on any atom is -1.00 e. The van der Waals surface area contributed by atoms with E-state index < -0.39 is 0 Å². The van der Waals surface area contributed by atoms with Crippen LogP contribution in [-0.4, -0.2) is 37.5 Å². The van der Waals surface area contributed by atoms with Crippen LogP contribution in [0.3, 0.4) is 0 Å². The summed E-state index contributed by atoms with van der Waals surface area (Å²) in [6.45, 7) is 10.5. The topological polar surface area (TPSA) is 27.1 Å². The molecule has 31 heavy (non-hydrogen) atoms. The quantitative estimate of drug-likeness (QED) is 0.682. The lowest BCUT2D eigenvalue weighted by Gasteiger charge is -2.17. The number of aryl methyl sites for hydroxylation is 2. The van der Waals surface area contributed by atoms with Gasteiger partial charge in [0.2, 0.25) is 0 Å². The number of hydrogen-bond acceptors (Lipinski definition) is 2. The molecule has 1 aliphatic rings. The summed E-state index contributed by atoms with van der Waals surface area (Å²) in [5, 5.41) is 6.90. The highest BCUT2D eigenvalue weighted by Gasteiger charge is 2.15. The molecular weight excluding hydrogens is 402 g/mol. The number of nitrogens with zero attached hydrogens (tertiary/aromatic N) is 1. The number of anilines is 2. The van der Waals surface area contributed by atoms with Crippen molar-refractivity contribution >= 4 is 22.7 Å². The lowest BCUT2D eigenvalue weighted by atomic mass is 9.89. The Balaban J connectivity index is 0.00000341. The molecule has 0 atom stereocenters. The van der Waals surface area contributed by atoms with Crippen LogP contribution in [0.5, 0.6) is 0 Å². The zero-order valence-electron chi connectivity index (χ0n) is 19.5. The van der Waals surface area contributed by atoms with Gasteiger partial charge in [0.15, 0.2) is 5.71 Å². The van der Waals surface area contributed by atoms with E-state index in [0.717, 1.165) is 13.1 Å². The van der Waals surface area contributed by atoms with Crippen LogP contribution in [-0.2, 0) is 0 Å². The Morgan fingerprint density at radius 3 is 1.55 bits per heavy atom. The second kappa shape index (κ2) is 11.0. The van der Waals surface area contributed by atoms with E-state index in [1.54, 1.807) is 0 Å². The zero-order valence-corrected chi connectivity index (χ0v) is 20.3. The molecule has 3 rings (SSSR count). The molecule has 0 radical (unpaired) electrons. The van der Waals surface area contributed by atoms with E-state index in [0.29, 0.717) is 0 Å². The molecule has 0 amide bonds. The van der Waals surface area contributed by atoms with Gasteiger partial charge in [-0.2, -0.15) is 0 Å². The molecule has 4 heteroatoms. The summed E-state index contributed by atoms with van der Waals surface area (Å²) < 4.78 is 2.13. The third-order valence-electron chi connectivity index (χ3n) is 5.44. The molecule has 0 saturated heterocycles. The maximum atomic E-state index is 3.45. The Labute approximate surface area is 193 Å². The Morgan fingerprint density at radius 2 is 1.19 bits per heavy atom. The van der Waals surface area contributed by atoms with Gasteiger partial charge in [-0.25, -0.2) is 4.58 Å². The van der Waals surface area contributed by atoms with E-state index in [2.05, 4.69) is 118 Å². The van der Waals surface area contributed by atoms with Gasteiger partial charge in [0.1, 0.15) is 14.1 Å². The van der Waals surface area contributed by atoms with Crippen molar-refractivity contribution in [2.45, 2.75) is 27.7 Å². The van der Waals surface area contributed by atoms with E-state index in [-0.39, 0.29) is 12.4 Å². The second-order valence-corrected chi connectivity index (χ2v) is 7.94. The normalized spacial score (nSPS) is 12.5. The van der Waals surface area contributed by atoms with Crippen LogP contribution < -0.4 is 23.0 Å². The molecule has 2 aromatic carbocycles. The molecular formula is C27H34ClN3. The highest BCUT2D eigenvalue weighted by atomic mass is 35.5. The van der Waals surface area contributed by atoms with Crippen LogP contribution in [0.15, 0.2) is 66.3 Å². The van der Waals surface area contributed by atoms with Gasteiger partial charge in [-0.05, 0) is 97.5 Å². The van der Waals surface area contributed by atoms with Crippen LogP contribution in [0.1, 0.15) is 36.1 Å². The summed E-state index contributed by atoms with van der Waals surface area (Å²) >= 11 is 0. The van der Waals surface area contributed by atoms with Gasteiger partial charge in [-0.1, -0.05) is 12.1 Å². The van der Waals surface area contributed by atoms with Gasteiger partial charge in [-0.3, -0.25) is 0 Å².